The van der Waals surface area contributed by atoms with Crippen LogP contribution in [0.2, 0.25) is 0 Å². The summed E-state index contributed by atoms with van der Waals surface area (Å²) in [5.41, 5.74) is 5.39. The number of benzene rings is 3. The van der Waals surface area contributed by atoms with Gasteiger partial charge in [0, 0.05) is 11.3 Å². The molecule has 3 aromatic rings. The molecule has 0 saturated carbocycles. The van der Waals surface area contributed by atoms with Gasteiger partial charge in [-0.15, -0.1) is 0 Å². The number of para-hydroxylation sites is 2. The quantitative estimate of drug-likeness (QED) is 0.698. The van der Waals surface area contributed by atoms with E-state index in [4.69, 9.17) is 14.5 Å². The monoisotopic (exact) mass is 356 g/mol. The van der Waals surface area contributed by atoms with Crippen LogP contribution in [0.4, 0.5) is 11.4 Å². The van der Waals surface area contributed by atoms with Crippen molar-refractivity contribution in [1.29, 1.82) is 0 Å². The van der Waals surface area contributed by atoms with Gasteiger partial charge in [-0.3, -0.25) is 0 Å². The standard InChI is InChI=1S/C22H16N2O3/c25-16-8-5-14(6-9-16)19-12-20(24-18-4-2-1-3-17(18)23-19)15-7-10-21-22(11-15)27-13-26-21/h1-12,23,25H,13H2. The summed E-state index contributed by atoms with van der Waals surface area (Å²) in [6.07, 6.45) is 2.00. The lowest BCUT2D eigenvalue weighted by Crippen LogP contribution is -2.01. The molecule has 3 aromatic carbocycles. The Hall–Kier alpha value is -3.73. The van der Waals surface area contributed by atoms with Gasteiger partial charge in [0.2, 0.25) is 6.79 Å². The Balaban J connectivity index is 1.65. The van der Waals surface area contributed by atoms with Gasteiger partial charge in [-0.2, -0.15) is 0 Å². The second-order valence-corrected chi connectivity index (χ2v) is 6.31. The number of allylic oxidation sites excluding steroid dienone is 1. The van der Waals surface area contributed by atoms with E-state index in [0.29, 0.717) is 0 Å². The van der Waals surface area contributed by atoms with Gasteiger partial charge < -0.3 is 19.9 Å². The van der Waals surface area contributed by atoms with Crippen molar-refractivity contribution in [2.45, 2.75) is 0 Å². The fourth-order valence-corrected chi connectivity index (χ4v) is 3.16. The van der Waals surface area contributed by atoms with Gasteiger partial charge in [0.25, 0.3) is 0 Å². The zero-order valence-corrected chi connectivity index (χ0v) is 14.3. The zero-order chi connectivity index (χ0) is 18.2. The third-order valence-corrected chi connectivity index (χ3v) is 4.54. The maximum absolute atomic E-state index is 9.60. The molecular formula is C22H16N2O3. The molecule has 5 heteroatoms. The predicted molar refractivity (Wildman–Crippen MR) is 105 cm³/mol. The van der Waals surface area contributed by atoms with E-state index in [9.17, 15) is 5.11 Å². The van der Waals surface area contributed by atoms with E-state index in [1.807, 2.05) is 60.7 Å². The number of nitrogens with one attached hydrogen (secondary N) is 1. The number of nitrogens with zero attached hydrogens (tertiary/aromatic N) is 1. The Morgan fingerprint density at radius 3 is 2.52 bits per heavy atom. The molecule has 2 aliphatic heterocycles. The van der Waals surface area contributed by atoms with E-state index in [1.165, 1.54) is 0 Å². The summed E-state index contributed by atoms with van der Waals surface area (Å²) >= 11 is 0. The Kier molecular flexibility index (Phi) is 3.57. The highest BCUT2D eigenvalue weighted by atomic mass is 16.7. The average Bonchev–Trinajstić information content (AvgIpc) is 3.07. The van der Waals surface area contributed by atoms with Crippen LogP contribution in [0, 0.1) is 0 Å². The second-order valence-electron chi connectivity index (χ2n) is 6.31. The van der Waals surface area contributed by atoms with Gasteiger partial charge in [-0.1, -0.05) is 12.1 Å². The number of hydrogen-bond donors (Lipinski definition) is 2. The lowest BCUT2D eigenvalue weighted by molar-refractivity contribution is 0.174. The Labute approximate surface area is 156 Å². The SMILES string of the molecule is Oc1ccc(C2=CC(c3ccc4c(c3)OCO4)=Nc3ccccc3N2)cc1. The third kappa shape index (κ3) is 2.89. The Morgan fingerprint density at radius 2 is 1.63 bits per heavy atom. The highest BCUT2D eigenvalue weighted by Crippen LogP contribution is 2.36. The number of rotatable bonds is 2. The van der Waals surface area contributed by atoms with E-state index in [0.717, 1.165) is 45.4 Å². The molecule has 0 radical (unpaired) electrons. The fourth-order valence-electron chi connectivity index (χ4n) is 3.16. The van der Waals surface area contributed by atoms with Gasteiger partial charge in [0.15, 0.2) is 11.5 Å². The third-order valence-electron chi connectivity index (χ3n) is 4.54. The van der Waals surface area contributed by atoms with Crippen LogP contribution in [0.1, 0.15) is 11.1 Å². The number of phenolic OH excluding ortho intramolecular Hbond substituents is 1. The number of aromatic hydroxyl groups is 1. The highest BCUT2D eigenvalue weighted by Gasteiger charge is 2.17. The first-order valence-electron chi connectivity index (χ1n) is 8.62. The van der Waals surface area contributed by atoms with Crippen LogP contribution in [0.5, 0.6) is 17.2 Å². The molecule has 0 aliphatic carbocycles. The average molecular weight is 356 g/mol. The van der Waals surface area contributed by atoms with Crippen LogP contribution in [-0.4, -0.2) is 17.6 Å². The molecule has 0 unspecified atom stereocenters. The van der Waals surface area contributed by atoms with Crippen molar-refractivity contribution in [3.63, 3.8) is 0 Å². The first-order valence-corrected chi connectivity index (χ1v) is 8.62. The maximum atomic E-state index is 9.60. The van der Waals surface area contributed by atoms with E-state index in [2.05, 4.69) is 5.32 Å². The molecule has 0 saturated heterocycles. The van der Waals surface area contributed by atoms with E-state index in [1.54, 1.807) is 12.1 Å². The second kappa shape index (κ2) is 6.21. The minimum Gasteiger partial charge on any atom is -0.508 e. The van der Waals surface area contributed by atoms with Gasteiger partial charge in [-0.25, -0.2) is 4.99 Å². The van der Waals surface area contributed by atoms with Crippen LogP contribution in [-0.2, 0) is 0 Å². The van der Waals surface area contributed by atoms with Crippen molar-refractivity contribution in [2.24, 2.45) is 4.99 Å². The lowest BCUT2D eigenvalue weighted by Gasteiger charge is -2.11. The Morgan fingerprint density at radius 1 is 0.852 bits per heavy atom. The van der Waals surface area contributed by atoms with Gasteiger partial charge in [0.05, 0.1) is 17.1 Å². The smallest absolute Gasteiger partial charge is 0.231 e. The van der Waals surface area contributed by atoms with E-state index < -0.39 is 0 Å². The molecule has 0 amide bonds. The summed E-state index contributed by atoms with van der Waals surface area (Å²) < 4.78 is 10.9. The molecule has 0 spiro atoms. The first kappa shape index (κ1) is 15.5. The topological polar surface area (TPSA) is 63.1 Å². The molecule has 0 aromatic heterocycles. The van der Waals surface area contributed by atoms with Crippen molar-refractivity contribution in [3.8, 4) is 17.2 Å². The largest absolute Gasteiger partial charge is 0.508 e. The van der Waals surface area contributed by atoms with Crippen LogP contribution < -0.4 is 14.8 Å². The summed E-state index contributed by atoms with van der Waals surface area (Å²) in [6, 6.07) is 20.8. The van der Waals surface area contributed by atoms with Crippen LogP contribution >= 0.6 is 0 Å². The summed E-state index contributed by atoms with van der Waals surface area (Å²) in [4.78, 5) is 4.86. The molecular weight excluding hydrogens is 340 g/mol. The minimum atomic E-state index is 0.234. The Bertz CT molecular complexity index is 1080. The maximum Gasteiger partial charge on any atom is 0.231 e. The minimum absolute atomic E-state index is 0.234. The van der Waals surface area contributed by atoms with Gasteiger partial charge in [-0.05, 0) is 66.2 Å². The number of hydrogen-bond acceptors (Lipinski definition) is 5. The number of fused-ring (bicyclic) bond motifs is 2. The van der Waals surface area contributed by atoms with E-state index in [-0.39, 0.29) is 12.5 Å². The number of phenols is 1. The number of ether oxygens (including phenoxy) is 2. The van der Waals surface area contributed by atoms with Crippen molar-refractivity contribution in [3.05, 3.63) is 83.9 Å². The van der Waals surface area contributed by atoms with Crippen molar-refractivity contribution in [2.75, 3.05) is 12.1 Å². The number of aliphatic imine (C=N–C) groups is 1. The molecule has 2 aliphatic rings. The van der Waals surface area contributed by atoms with Crippen molar-refractivity contribution < 1.29 is 14.6 Å². The summed E-state index contributed by atoms with van der Waals surface area (Å²) in [6.45, 7) is 0.240. The van der Waals surface area contributed by atoms with Crippen molar-refractivity contribution in [1.82, 2.24) is 0 Å². The molecule has 132 valence electrons. The zero-order valence-electron chi connectivity index (χ0n) is 14.3. The molecule has 2 heterocycles. The summed E-state index contributed by atoms with van der Waals surface area (Å²) in [7, 11) is 0. The van der Waals surface area contributed by atoms with E-state index >= 15 is 0 Å². The van der Waals surface area contributed by atoms with Crippen LogP contribution in [0.25, 0.3) is 5.70 Å². The van der Waals surface area contributed by atoms with Crippen molar-refractivity contribution >= 4 is 22.8 Å². The summed E-state index contributed by atoms with van der Waals surface area (Å²) in [5, 5.41) is 13.1. The molecule has 0 fully saturated rings. The molecule has 5 rings (SSSR count). The molecule has 0 bridgehead atoms. The highest BCUT2D eigenvalue weighted by molar-refractivity contribution is 6.16. The van der Waals surface area contributed by atoms with Crippen LogP contribution in [0.15, 0.2) is 77.8 Å². The predicted octanol–water partition coefficient (Wildman–Crippen LogP) is 4.71. The van der Waals surface area contributed by atoms with Gasteiger partial charge >= 0.3 is 0 Å². The first-order chi connectivity index (χ1) is 13.3. The van der Waals surface area contributed by atoms with Gasteiger partial charge in [0.1, 0.15) is 5.75 Å². The molecule has 2 N–H and O–H groups in total. The normalized spacial score (nSPS) is 14.5. The molecule has 27 heavy (non-hydrogen) atoms. The fraction of sp³-hybridized carbons (Fsp3) is 0.0455. The summed E-state index contributed by atoms with van der Waals surface area (Å²) in [5.74, 6) is 1.70. The van der Waals surface area contributed by atoms with Crippen LogP contribution in [0.3, 0.4) is 0 Å². The lowest BCUT2D eigenvalue weighted by atomic mass is 10.1. The number of anilines is 1. The molecule has 0 atom stereocenters. The molecule has 5 nitrogen and oxygen atoms in total.